The van der Waals surface area contributed by atoms with E-state index < -0.39 is 23.2 Å². The molecule has 0 fully saturated rings. The third-order valence-electron chi connectivity index (χ3n) is 3.70. The van der Waals surface area contributed by atoms with Crippen LogP contribution in [0.2, 0.25) is 0 Å². The van der Waals surface area contributed by atoms with Crippen molar-refractivity contribution in [1.29, 1.82) is 0 Å². The van der Waals surface area contributed by atoms with Crippen LogP contribution < -0.4 is 0 Å². The molecular formula is C17H15F2N3O3. The molecule has 0 radical (unpaired) electrons. The van der Waals surface area contributed by atoms with Crippen molar-refractivity contribution < 1.29 is 22.8 Å². The lowest BCUT2D eigenvalue weighted by molar-refractivity contribution is 0.0940. The summed E-state index contributed by atoms with van der Waals surface area (Å²) < 4.78 is 32.2. The van der Waals surface area contributed by atoms with Gasteiger partial charge in [0.1, 0.15) is 11.6 Å². The van der Waals surface area contributed by atoms with Gasteiger partial charge in [-0.05, 0) is 26.2 Å². The van der Waals surface area contributed by atoms with Gasteiger partial charge in [-0.2, -0.15) is 0 Å². The molecule has 0 saturated carbocycles. The molecule has 0 spiro atoms. The van der Waals surface area contributed by atoms with Gasteiger partial charge >= 0.3 is 0 Å². The number of fused-ring (bicyclic) bond motifs is 1. The summed E-state index contributed by atoms with van der Waals surface area (Å²) in [5, 5.41) is 0. The number of carbonyl (C=O) groups is 2. The number of likely N-dealkylation sites (N-methyl/N-ethyl adjacent to an activating group) is 1. The van der Waals surface area contributed by atoms with E-state index in [0.29, 0.717) is 19.2 Å². The second kappa shape index (κ2) is 6.64. The van der Waals surface area contributed by atoms with Crippen molar-refractivity contribution in [1.82, 2.24) is 9.88 Å². The summed E-state index contributed by atoms with van der Waals surface area (Å²) >= 11 is 0. The first-order chi connectivity index (χ1) is 11.9. The molecule has 0 bridgehead atoms. The monoisotopic (exact) mass is 347 g/mol. The van der Waals surface area contributed by atoms with Gasteiger partial charge in [-0.1, -0.05) is 0 Å². The highest BCUT2D eigenvalue weighted by Gasteiger charge is 2.35. The summed E-state index contributed by atoms with van der Waals surface area (Å²) in [6, 6.07) is 2.86. The fourth-order valence-electron chi connectivity index (χ4n) is 2.40. The molecule has 0 N–H and O–H groups in total. The zero-order chi connectivity index (χ0) is 18.1. The normalized spacial score (nSPS) is 16.0. The summed E-state index contributed by atoms with van der Waals surface area (Å²) in [4.78, 5) is 34.6. The fraction of sp³-hybridized carbons (Fsp3) is 0.294. The molecule has 0 amide bonds. The molecule has 6 nitrogen and oxygen atoms in total. The van der Waals surface area contributed by atoms with E-state index in [-0.39, 0.29) is 35.0 Å². The summed E-state index contributed by atoms with van der Waals surface area (Å²) in [5.74, 6) is -3.04. The Labute approximate surface area is 142 Å². The van der Waals surface area contributed by atoms with Crippen molar-refractivity contribution in [2.45, 2.75) is 6.42 Å². The number of hydrogen-bond acceptors (Lipinski definition) is 6. The second-order valence-electron chi connectivity index (χ2n) is 5.88. The Morgan fingerprint density at radius 1 is 1.28 bits per heavy atom. The number of rotatable bonds is 4. The van der Waals surface area contributed by atoms with Crippen molar-refractivity contribution in [3.63, 3.8) is 0 Å². The van der Waals surface area contributed by atoms with Crippen LogP contribution in [0.1, 0.15) is 27.5 Å². The number of oxazole rings is 1. The molecule has 1 aromatic heterocycles. The number of carbonyl (C=O) groups excluding carboxylic acids is 2. The summed E-state index contributed by atoms with van der Waals surface area (Å²) in [6.45, 7) is 0.997. The van der Waals surface area contributed by atoms with E-state index in [1.165, 1.54) is 0 Å². The number of hydrogen-bond donors (Lipinski definition) is 0. The minimum atomic E-state index is -0.890. The molecule has 1 aromatic carbocycles. The largest absolute Gasteiger partial charge is 0.432 e. The zero-order valence-electron chi connectivity index (χ0n) is 13.7. The quantitative estimate of drug-likeness (QED) is 0.849. The van der Waals surface area contributed by atoms with Gasteiger partial charge in [0.2, 0.25) is 23.2 Å². The Kier molecular flexibility index (Phi) is 4.54. The molecule has 8 heteroatoms. The van der Waals surface area contributed by atoms with Gasteiger partial charge in [-0.3, -0.25) is 14.6 Å². The number of nitrogens with zero attached hydrogens (tertiary/aromatic N) is 3. The fourth-order valence-corrected chi connectivity index (χ4v) is 2.40. The molecule has 1 aliphatic carbocycles. The van der Waals surface area contributed by atoms with Crippen molar-refractivity contribution >= 4 is 17.3 Å². The Bertz CT molecular complexity index is 887. The van der Waals surface area contributed by atoms with E-state index in [1.54, 1.807) is 0 Å². The number of aliphatic imine (C=N–C) groups is 1. The van der Waals surface area contributed by atoms with Gasteiger partial charge < -0.3 is 9.32 Å². The Balaban J connectivity index is 1.95. The molecule has 0 saturated heterocycles. The van der Waals surface area contributed by atoms with Crippen molar-refractivity contribution in [2.75, 3.05) is 27.2 Å². The number of Topliss-reactive ketones (excluding diaryl/α,β-unsaturated/α-hetero) is 2. The molecule has 0 unspecified atom stereocenters. The standard InChI is InChI=1S/C17H15F2N3O3/c1-22(2)6-5-20-12-8-13(23)16-14(15(12)24)21-17(25-16)10-4-3-9(18)7-11(10)19/h3-4,7H,5-6,8H2,1-2H3. The minimum Gasteiger partial charge on any atom is -0.432 e. The van der Waals surface area contributed by atoms with Crippen LogP contribution in [-0.2, 0) is 0 Å². The summed E-state index contributed by atoms with van der Waals surface area (Å²) in [5.41, 5.74) is -0.195. The Hall–Kier alpha value is -2.74. The number of halogens is 2. The number of benzene rings is 1. The molecule has 25 heavy (non-hydrogen) atoms. The van der Waals surface area contributed by atoms with E-state index in [1.807, 2.05) is 19.0 Å². The molecule has 1 heterocycles. The van der Waals surface area contributed by atoms with Gasteiger partial charge in [-0.15, -0.1) is 0 Å². The van der Waals surface area contributed by atoms with Gasteiger partial charge in [0.05, 0.1) is 24.2 Å². The van der Waals surface area contributed by atoms with Gasteiger partial charge in [-0.25, -0.2) is 13.8 Å². The van der Waals surface area contributed by atoms with E-state index >= 15 is 0 Å². The first-order valence-corrected chi connectivity index (χ1v) is 7.59. The average molecular weight is 347 g/mol. The zero-order valence-corrected chi connectivity index (χ0v) is 13.7. The summed E-state index contributed by atoms with van der Waals surface area (Å²) in [6.07, 6.45) is -0.181. The number of ketones is 2. The van der Waals surface area contributed by atoms with Crippen molar-refractivity contribution in [3.8, 4) is 11.5 Å². The van der Waals surface area contributed by atoms with Gasteiger partial charge in [0, 0.05) is 12.6 Å². The van der Waals surface area contributed by atoms with Crippen molar-refractivity contribution in [3.05, 3.63) is 41.3 Å². The van der Waals surface area contributed by atoms with Crippen LogP contribution in [0.25, 0.3) is 11.5 Å². The molecule has 0 atom stereocenters. The van der Waals surface area contributed by atoms with Gasteiger partial charge in [0.15, 0.2) is 5.69 Å². The first kappa shape index (κ1) is 17.1. The minimum absolute atomic E-state index is 0.110. The van der Waals surface area contributed by atoms with E-state index in [0.717, 1.165) is 12.1 Å². The predicted molar refractivity (Wildman–Crippen MR) is 86.0 cm³/mol. The molecule has 130 valence electrons. The Morgan fingerprint density at radius 3 is 2.72 bits per heavy atom. The lowest BCUT2D eigenvalue weighted by Crippen LogP contribution is -2.27. The molecular weight excluding hydrogens is 332 g/mol. The Morgan fingerprint density at radius 2 is 2.04 bits per heavy atom. The van der Waals surface area contributed by atoms with Crippen LogP contribution in [0.5, 0.6) is 0 Å². The van der Waals surface area contributed by atoms with E-state index in [4.69, 9.17) is 4.42 Å². The highest BCUT2D eigenvalue weighted by Crippen LogP contribution is 2.28. The maximum absolute atomic E-state index is 13.9. The topological polar surface area (TPSA) is 75.8 Å². The smallest absolute Gasteiger partial charge is 0.230 e. The number of aromatic nitrogens is 1. The summed E-state index contributed by atoms with van der Waals surface area (Å²) in [7, 11) is 3.74. The molecule has 0 aliphatic heterocycles. The predicted octanol–water partition coefficient (Wildman–Crippen LogP) is 2.39. The highest BCUT2D eigenvalue weighted by molar-refractivity contribution is 6.52. The molecule has 1 aliphatic rings. The molecule has 3 rings (SSSR count). The maximum Gasteiger partial charge on any atom is 0.230 e. The van der Waals surface area contributed by atoms with Crippen LogP contribution in [0.3, 0.4) is 0 Å². The lowest BCUT2D eigenvalue weighted by atomic mass is 9.97. The third kappa shape index (κ3) is 3.39. The second-order valence-corrected chi connectivity index (χ2v) is 5.88. The van der Waals surface area contributed by atoms with Crippen LogP contribution in [0.4, 0.5) is 8.78 Å². The lowest BCUT2D eigenvalue weighted by Gasteiger charge is -2.10. The van der Waals surface area contributed by atoms with Crippen LogP contribution in [0.15, 0.2) is 27.6 Å². The van der Waals surface area contributed by atoms with E-state index in [2.05, 4.69) is 9.98 Å². The SMILES string of the molecule is CN(C)CCN=C1CC(=O)c2oc(-c3ccc(F)cc3F)nc2C1=O. The average Bonchev–Trinajstić information content (AvgIpc) is 2.97. The van der Waals surface area contributed by atoms with E-state index in [9.17, 15) is 18.4 Å². The van der Waals surface area contributed by atoms with Crippen molar-refractivity contribution in [2.24, 2.45) is 4.99 Å². The molecule has 2 aromatic rings. The first-order valence-electron chi connectivity index (χ1n) is 7.59. The maximum atomic E-state index is 13.9. The third-order valence-corrected chi connectivity index (χ3v) is 3.70. The van der Waals surface area contributed by atoms with Crippen LogP contribution >= 0.6 is 0 Å². The highest BCUT2D eigenvalue weighted by atomic mass is 19.1. The van der Waals surface area contributed by atoms with Crippen LogP contribution in [-0.4, -0.2) is 54.3 Å². The van der Waals surface area contributed by atoms with Crippen LogP contribution in [0, 0.1) is 11.6 Å². The van der Waals surface area contributed by atoms with Gasteiger partial charge in [0.25, 0.3) is 0 Å².